The molecule has 8 heteroatoms. The highest BCUT2D eigenvalue weighted by molar-refractivity contribution is 7.91. The van der Waals surface area contributed by atoms with E-state index >= 15 is 0 Å². The van der Waals surface area contributed by atoms with Crippen LogP contribution < -0.4 is 10.6 Å². The molecule has 0 radical (unpaired) electrons. The number of thiophene rings is 1. The smallest absolute Gasteiger partial charge is 0.180 e. The summed E-state index contributed by atoms with van der Waals surface area (Å²) in [4.78, 5) is 4.67. The number of hydrogen-bond donors (Lipinski definition) is 1. The molecule has 1 fully saturated rings. The van der Waals surface area contributed by atoms with E-state index in [0.717, 1.165) is 6.26 Å². The topological polar surface area (TPSA) is 90.4 Å². The van der Waals surface area contributed by atoms with Gasteiger partial charge in [0.05, 0.1) is 5.69 Å². The number of sulfone groups is 1. The van der Waals surface area contributed by atoms with Gasteiger partial charge in [0, 0.05) is 31.4 Å². The largest absolute Gasteiger partial charge is 0.396 e. The molecular formula is C13H20N4O2S2. The number of nitrogen functional groups attached to an aromatic ring is 1. The predicted octanol–water partition coefficient (Wildman–Crippen LogP) is 1.13. The van der Waals surface area contributed by atoms with Gasteiger partial charge in [-0.1, -0.05) is 0 Å². The summed E-state index contributed by atoms with van der Waals surface area (Å²) < 4.78 is 24.1. The van der Waals surface area contributed by atoms with Crippen molar-refractivity contribution in [3.8, 4) is 6.07 Å². The van der Waals surface area contributed by atoms with Crippen LogP contribution in [0.2, 0.25) is 0 Å². The fourth-order valence-electron chi connectivity index (χ4n) is 2.64. The lowest BCUT2D eigenvalue weighted by Gasteiger charge is -2.43. The standard InChI is InChI=1S/C13H20N4O2S2/c1-8-6-17(7-9(2)16(8)3)13-12(21(4,18)19)11(15)10(5-14)20-13/h8-9H,6-7,15H2,1-4H3. The molecule has 0 bridgehead atoms. The van der Waals surface area contributed by atoms with Crippen LogP contribution in [0.1, 0.15) is 18.7 Å². The van der Waals surface area contributed by atoms with E-state index in [1.807, 2.05) is 11.0 Å². The second-order valence-electron chi connectivity index (χ2n) is 5.63. The van der Waals surface area contributed by atoms with Crippen LogP contribution in [0.15, 0.2) is 4.90 Å². The third-order valence-electron chi connectivity index (χ3n) is 4.00. The summed E-state index contributed by atoms with van der Waals surface area (Å²) in [5.74, 6) is 0. The molecule has 21 heavy (non-hydrogen) atoms. The molecule has 1 aliphatic rings. The van der Waals surface area contributed by atoms with Crippen LogP contribution in [0, 0.1) is 11.3 Å². The number of piperazine rings is 1. The summed E-state index contributed by atoms with van der Waals surface area (Å²) in [7, 11) is -1.41. The SMILES string of the molecule is CC1CN(c2sc(C#N)c(N)c2S(C)(=O)=O)CC(C)N1C. The fourth-order valence-corrected chi connectivity index (χ4v) is 5.16. The Labute approximate surface area is 129 Å². The van der Waals surface area contributed by atoms with Gasteiger partial charge in [-0.3, -0.25) is 4.90 Å². The summed E-state index contributed by atoms with van der Waals surface area (Å²) >= 11 is 1.17. The molecule has 2 unspecified atom stereocenters. The van der Waals surface area contributed by atoms with Crippen LogP contribution in [0.5, 0.6) is 0 Å². The molecule has 2 atom stereocenters. The van der Waals surface area contributed by atoms with Crippen molar-refractivity contribution >= 4 is 31.9 Å². The number of rotatable bonds is 2. The van der Waals surface area contributed by atoms with Gasteiger partial charge in [-0.15, -0.1) is 11.3 Å². The van der Waals surface area contributed by atoms with Crippen molar-refractivity contribution in [1.29, 1.82) is 5.26 Å². The Morgan fingerprint density at radius 3 is 2.29 bits per heavy atom. The third-order valence-corrected chi connectivity index (χ3v) is 6.46. The molecule has 2 rings (SSSR count). The summed E-state index contributed by atoms with van der Waals surface area (Å²) in [6.07, 6.45) is 1.14. The van der Waals surface area contributed by atoms with Crippen molar-refractivity contribution < 1.29 is 8.42 Å². The Bertz CT molecular complexity index is 678. The lowest BCUT2D eigenvalue weighted by atomic mass is 10.1. The van der Waals surface area contributed by atoms with E-state index < -0.39 is 9.84 Å². The van der Waals surface area contributed by atoms with Crippen molar-refractivity contribution in [2.75, 3.05) is 37.0 Å². The predicted molar refractivity (Wildman–Crippen MR) is 85.5 cm³/mol. The number of hydrogen-bond acceptors (Lipinski definition) is 7. The Morgan fingerprint density at radius 1 is 1.33 bits per heavy atom. The quantitative estimate of drug-likeness (QED) is 0.875. The Morgan fingerprint density at radius 2 is 1.86 bits per heavy atom. The first-order valence-corrected chi connectivity index (χ1v) is 9.37. The molecule has 0 amide bonds. The number of likely N-dealkylation sites (N-methyl/N-ethyl adjacent to an activating group) is 1. The van der Waals surface area contributed by atoms with Crippen molar-refractivity contribution in [2.45, 2.75) is 30.8 Å². The zero-order chi connectivity index (χ0) is 15.9. The molecule has 1 aliphatic heterocycles. The van der Waals surface area contributed by atoms with Crippen LogP contribution >= 0.6 is 11.3 Å². The maximum Gasteiger partial charge on any atom is 0.180 e. The van der Waals surface area contributed by atoms with Gasteiger partial charge in [0.1, 0.15) is 20.8 Å². The molecule has 0 spiro atoms. The fraction of sp³-hybridized carbons (Fsp3) is 0.615. The average molecular weight is 328 g/mol. The highest BCUT2D eigenvalue weighted by atomic mass is 32.2. The first kappa shape index (κ1) is 16.1. The van der Waals surface area contributed by atoms with Gasteiger partial charge in [0.2, 0.25) is 0 Å². The second kappa shape index (κ2) is 5.48. The van der Waals surface area contributed by atoms with E-state index in [0.29, 0.717) is 30.2 Å². The third kappa shape index (κ3) is 2.86. The molecule has 1 aromatic rings. The molecule has 2 heterocycles. The molecular weight excluding hydrogens is 308 g/mol. The lowest BCUT2D eigenvalue weighted by Crippen LogP contribution is -2.55. The first-order valence-electron chi connectivity index (χ1n) is 6.66. The van der Waals surface area contributed by atoms with Crippen LogP contribution in [0.3, 0.4) is 0 Å². The Hall–Kier alpha value is -1.30. The van der Waals surface area contributed by atoms with E-state index in [2.05, 4.69) is 25.8 Å². The van der Waals surface area contributed by atoms with Crippen molar-refractivity contribution in [3.05, 3.63) is 4.88 Å². The molecule has 1 aromatic heterocycles. The molecule has 0 aliphatic carbocycles. The van der Waals surface area contributed by atoms with Gasteiger partial charge in [-0.2, -0.15) is 5.26 Å². The van der Waals surface area contributed by atoms with Crippen LogP contribution in [-0.2, 0) is 9.84 Å². The normalized spacial score (nSPS) is 24.0. The first-order chi connectivity index (χ1) is 9.66. The van der Waals surface area contributed by atoms with E-state index in [9.17, 15) is 8.42 Å². The monoisotopic (exact) mass is 328 g/mol. The summed E-state index contributed by atoms with van der Waals surface area (Å²) in [5.41, 5.74) is 5.96. The van der Waals surface area contributed by atoms with Crippen LogP contribution in [-0.4, -0.2) is 51.8 Å². The zero-order valence-electron chi connectivity index (χ0n) is 12.6. The highest BCUT2D eigenvalue weighted by Gasteiger charge is 2.33. The van der Waals surface area contributed by atoms with E-state index in [4.69, 9.17) is 11.0 Å². The summed E-state index contributed by atoms with van der Waals surface area (Å²) in [6.45, 7) is 5.64. The van der Waals surface area contributed by atoms with Gasteiger partial charge < -0.3 is 10.6 Å². The van der Waals surface area contributed by atoms with Crippen molar-refractivity contribution in [1.82, 2.24) is 4.90 Å². The number of nitrogens with zero attached hydrogens (tertiary/aromatic N) is 3. The summed E-state index contributed by atoms with van der Waals surface area (Å²) in [5, 5.41) is 9.72. The van der Waals surface area contributed by atoms with Crippen molar-refractivity contribution in [2.24, 2.45) is 0 Å². The molecule has 0 aromatic carbocycles. The van der Waals surface area contributed by atoms with Gasteiger partial charge in [0.15, 0.2) is 9.84 Å². The molecule has 1 saturated heterocycles. The molecule has 2 N–H and O–H groups in total. The minimum Gasteiger partial charge on any atom is -0.396 e. The summed E-state index contributed by atoms with van der Waals surface area (Å²) in [6, 6.07) is 2.59. The second-order valence-corrected chi connectivity index (χ2v) is 8.58. The van der Waals surface area contributed by atoms with Crippen molar-refractivity contribution in [3.63, 3.8) is 0 Å². The zero-order valence-corrected chi connectivity index (χ0v) is 14.3. The van der Waals surface area contributed by atoms with E-state index in [-0.39, 0.29) is 15.5 Å². The van der Waals surface area contributed by atoms with Gasteiger partial charge in [-0.05, 0) is 20.9 Å². The Balaban J connectivity index is 2.52. The van der Waals surface area contributed by atoms with E-state index in [1.165, 1.54) is 11.3 Å². The van der Waals surface area contributed by atoms with Gasteiger partial charge >= 0.3 is 0 Å². The maximum absolute atomic E-state index is 12.1. The minimum absolute atomic E-state index is 0.0826. The van der Waals surface area contributed by atoms with Gasteiger partial charge in [0.25, 0.3) is 0 Å². The minimum atomic E-state index is -3.47. The van der Waals surface area contributed by atoms with Gasteiger partial charge in [-0.25, -0.2) is 8.42 Å². The Kier molecular flexibility index (Phi) is 4.19. The van der Waals surface area contributed by atoms with E-state index in [1.54, 1.807) is 0 Å². The lowest BCUT2D eigenvalue weighted by molar-refractivity contribution is 0.170. The number of anilines is 2. The number of nitrogens with two attached hydrogens (primary N) is 1. The molecule has 0 saturated carbocycles. The number of nitriles is 1. The molecule has 6 nitrogen and oxygen atoms in total. The average Bonchev–Trinajstić information content (AvgIpc) is 2.72. The van der Waals surface area contributed by atoms with Crippen LogP contribution in [0.4, 0.5) is 10.7 Å². The maximum atomic E-state index is 12.1. The molecule has 116 valence electrons. The highest BCUT2D eigenvalue weighted by Crippen LogP contribution is 2.42. The van der Waals surface area contributed by atoms with Crippen LogP contribution in [0.25, 0.3) is 0 Å².